The maximum atomic E-state index is 12.8. The van der Waals surface area contributed by atoms with Crippen LogP contribution < -0.4 is 9.64 Å². The van der Waals surface area contributed by atoms with Crippen LogP contribution in [0.5, 0.6) is 5.75 Å². The van der Waals surface area contributed by atoms with Gasteiger partial charge in [0.15, 0.2) is 0 Å². The number of aromatic nitrogens is 2. The highest BCUT2D eigenvalue weighted by molar-refractivity contribution is 5.95. The van der Waals surface area contributed by atoms with Crippen LogP contribution in [-0.2, 0) is 33.7 Å². The zero-order valence-electron chi connectivity index (χ0n) is 19.0. The smallest absolute Gasteiger partial charge is 0.251 e. The van der Waals surface area contributed by atoms with Gasteiger partial charge in [0, 0.05) is 37.9 Å². The van der Waals surface area contributed by atoms with E-state index in [1.54, 1.807) is 24.0 Å². The molecule has 1 saturated heterocycles. The van der Waals surface area contributed by atoms with Crippen molar-refractivity contribution in [2.45, 2.75) is 51.7 Å². The van der Waals surface area contributed by atoms with Gasteiger partial charge in [0.05, 0.1) is 13.7 Å². The number of fused-ring (bicyclic) bond motifs is 1. The fourth-order valence-electron chi connectivity index (χ4n) is 4.32. The Morgan fingerprint density at radius 3 is 2.91 bits per heavy atom. The van der Waals surface area contributed by atoms with Crippen molar-refractivity contribution in [3.8, 4) is 5.75 Å². The Hall–Kier alpha value is -3.00. The molecule has 2 aliphatic rings. The van der Waals surface area contributed by atoms with Crippen LogP contribution in [0.15, 0.2) is 24.3 Å². The summed E-state index contributed by atoms with van der Waals surface area (Å²) in [5.74, 6) is 2.02. The molecule has 32 heavy (non-hydrogen) atoms. The number of hydrogen-bond donors (Lipinski definition) is 0. The van der Waals surface area contributed by atoms with Crippen molar-refractivity contribution in [1.82, 2.24) is 14.9 Å². The Bertz CT molecular complexity index is 1000. The number of hydrogen-bond acceptors (Lipinski definition) is 6. The maximum Gasteiger partial charge on any atom is 0.251 e. The van der Waals surface area contributed by atoms with E-state index >= 15 is 0 Å². The molecule has 8 heteroatoms. The van der Waals surface area contributed by atoms with Crippen LogP contribution in [0, 0.1) is 6.92 Å². The number of rotatable bonds is 7. The summed E-state index contributed by atoms with van der Waals surface area (Å²) in [7, 11) is 3.39. The van der Waals surface area contributed by atoms with Crippen LogP contribution in [-0.4, -0.2) is 60.1 Å². The Balaban J connectivity index is 1.53. The Labute approximate surface area is 188 Å². The largest absolute Gasteiger partial charge is 0.497 e. The highest BCUT2D eigenvalue weighted by atomic mass is 16.5. The number of anilines is 1. The highest BCUT2D eigenvalue weighted by Crippen LogP contribution is 2.29. The van der Waals surface area contributed by atoms with Crippen molar-refractivity contribution in [1.29, 1.82) is 0 Å². The van der Waals surface area contributed by atoms with E-state index in [2.05, 4.69) is 4.98 Å². The number of likely N-dealkylation sites (N-methyl/N-ethyl adjacent to an activating group) is 1. The van der Waals surface area contributed by atoms with Gasteiger partial charge in [0.25, 0.3) is 5.91 Å². The van der Waals surface area contributed by atoms with E-state index < -0.39 is 0 Å². The molecule has 1 aromatic heterocycles. The second-order valence-corrected chi connectivity index (χ2v) is 8.37. The number of aryl methyl sites for hydroxylation is 1. The normalized spacial score (nSPS) is 17.9. The fraction of sp³-hybridized carbons (Fsp3) is 0.500. The van der Waals surface area contributed by atoms with Crippen molar-refractivity contribution < 1.29 is 19.1 Å². The standard InChI is InChI=1S/C24H30N4O4/c1-16-19-9-10-22(29)28(12-11-17-6-4-7-18(14-17)31-3)23(19)26-21(25-16)15-27(2)24(30)20-8-5-13-32-20/h4,6-7,14,20H,5,8-13,15H2,1-3H3/t20-/m1/s1. The molecule has 1 fully saturated rings. The van der Waals surface area contributed by atoms with E-state index in [1.165, 1.54) is 0 Å². The highest BCUT2D eigenvalue weighted by Gasteiger charge is 2.30. The first-order valence-corrected chi connectivity index (χ1v) is 11.1. The zero-order chi connectivity index (χ0) is 22.7. The summed E-state index contributed by atoms with van der Waals surface area (Å²) < 4.78 is 10.8. The molecular weight excluding hydrogens is 408 g/mol. The number of amides is 2. The summed E-state index contributed by atoms with van der Waals surface area (Å²) in [5, 5.41) is 0. The molecule has 0 bridgehead atoms. The third kappa shape index (κ3) is 4.75. The lowest BCUT2D eigenvalue weighted by Gasteiger charge is -2.30. The molecule has 0 radical (unpaired) electrons. The second-order valence-electron chi connectivity index (χ2n) is 8.37. The lowest BCUT2D eigenvalue weighted by molar-refractivity contribution is -0.140. The third-order valence-electron chi connectivity index (χ3n) is 6.10. The molecule has 1 aromatic carbocycles. The lowest BCUT2D eigenvalue weighted by Crippen LogP contribution is -2.39. The quantitative estimate of drug-likeness (QED) is 0.660. The lowest BCUT2D eigenvalue weighted by atomic mass is 10.0. The van der Waals surface area contributed by atoms with E-state index in [-0.39, 0.29) is 24.5 Å². The van der Waals surface area contributed by atoms with Crippen LogP contribution in [0.1, 0.15) is 41.9 Å². The average Bonchev–Trinajstić information content (AvgIpc) is 3.33. The first kappa shape index (κ1) is 22.2. The number of nitrogens with zero attached hydrogens (tertiary/aromatic N) is 4. The molecular formula is C24H30N4O4. The van der Waals surface area contributed by atoms with Crippen molar-refractivity contribution in [3.63, 3.8) is 0 Å². The topological polar surface area (TPSA) is 84.9 Å². The molecule has 0 aliphatic carbocycles. The summed E-state index contributed by atoms with van der Waals surface area (Å²) in [6, 6.07) is 7.87. The SMILES string of the molecule is COc1cccc(CCN2C(=O)CCc3c(C)nc(CN(C)C(=O)[C@H]4CCCO4)nc32)c1. The van der Waals surface area contributed by atoms with Crippen molar-refractivity contribution in [3.05, 3.63) is 46.9 Å². The monoisotopic (exact) mass is 438 g/mol. The number of carbonyl (C=O) groups excluding carboxylic acids is 2. The third-order valence-corrected chi connectivity index (χ3v) is 6.10. The molecule has 8 nitrogen and oxygen atoms in total. The van der Waals surface area contributed by atoms with Gasteiger partial charge in [-0.1, -0.05) is 12.1 Å². The minimum absolute atomic E-state index is 0.0487. The number of ether oxygens (including phenoxy) is 2. The summed E-state index contributed by atoms with van der Waals surface area (Å²) in [6.45, 7) is 3.38. The molecule has 1 atom stereocenters. The van der Waals surface area contributed by atoms with E-state index in [4.69, 9.17) is 14.5 Å². The van der Waals surface area contributed by atoms with Gasteiger partial charge >= 0.3 is 0 Å². The van der Waals surface area contributed by atoms with Gasteiger partial charge in [-0.3, -0.25) is 14.5 Å². The van der Waals surface area contributed by atoms with Gasteiger partial charge in [-0.2, -0.15) is 0 Å². The predicted octanol–water partition coefficient (Wildman–Crippen LogP) is 2.45. The molecule has 0 N–H and O–H groups in total. The van der Waals surface area contributed by atoms with Gasteiger partial charge < -0.3 is 14.4 Å². The van der Waals surface area contributed by atoms with Gasteiger partial charge in [-0.05, 0) is 50.3 Å². The van der Waals surface area contributed by atoms with Crippen molar-refractivity contribution in [2.75, 3.05) is 32.2 Å². The van der Waals surface area contributed by atoms with Gasteiger partial charge in [0.1, 0.15) is 23.5 Å². The van der Waals surface area contributed by atoms with Crippen LogP contribution in [0.2, 0.25) is 0 Å². The van der Waals surface area contributed by atoms with E-state index in [9.17, 15) is 9.59 Å². The molecule has 170 valence electrons. The van der Waals surface area contributed by atoms with Gasteiger partial charge in [0.2, 0.25) is 5.91 Å². The minimum atomic E-state index is -0.375. The first-order chi connectivity index (χ1) is 15.5. The summed E-state index contributed by atoms with van der Waals surface area (Å²) >= 11 is 0. The molecule has 2 amide bonds. The number of carbonyl (C=O) groups is 2. The van der Waals surface area contributed by atoms with Gasteiger partial charge in [-0.25, -0.2) is 9.97 Å². The van der Waals surface area contributed by atoms with Crippen LogP contribution in [0.25, 0.3) is 0 Å². The fourth-order valence-corrected chi connectivity index (χ4v) is 4.32. The molecule has 0 unspecified atom stereocenters. The summed E-state index contributed by atoms with van der Waals surface area (Å²) in [5.41, 5.74) is 2.96. The predicted molar refractivity (Wildman–Crippen MR) is 120 cm³/mol. The van der Waals surface area contributed by atoms with Crippen molar-refractivity contribution in [2.24, 2.45) is 0 Å². The maximum absolute atomic E-state index is 12.8. The molecule has 3 heterocycles. The molecule has 0 spiro atoms. The number of methoxy groups -OCH3 is 1. The molecule has 4 rings (SSSR count). The second kappa shape index (κ2) is 9.65. The van der Waals surface area contributed by atoms with E-state index in [0.717, 1.165) is 35.4 Å². The van der Waals surface area contributed by atoms with E-state index in [1.807, 2.05) is 31.2 Å². The molecule has 2 aromatic rings. The zero-order valence-corrected chi connectivity index (χ0v) is 19.0. The van der Waals surface area contributed by atoms with Crippen LogP contribution >= 0.6 is 0 Å². The Morgan fingerprint density at radius 1 is 1.31 bits per heavy atom. The van der Waals surface area contributed by atoms with Gasteiger partial charge in [-0.15, -0.1) is 0 Å². The minimum Gasteiger partial charge on any atom is -0.497 e. The van der Waals surface area contributed by atoms with E-state index in [0.29, 0.717) is 44.1 Å². The first-order valence-electron chi connectivity index (χ1n) is 11.1. The van der Waals surface area contributed by atoms with Crippen LogP contribution in [0.4, 0.5) is 5.82 Å². The number of benzene rings is 1. The molecule has 2 aliphatic heterocycles. The Kier molecular flexibility index (Phi) is 6.69. The molecule has 0 saturated carbocycles. The van der Waals surface area contributed by atoms with Crippen molar-refractivity contribution >= 4 is 17.6 Å². The Morgan fingerprint density at radius 2 is 2.16 bits per heavy atom. The average molecular weight is 439 g/mol. The van der Waals surface area contributed by atoms with Crippen LogP contribution in [0.3, 0.4) is 0 Å². The summed E-state index contributed by atoms with van der Waals surface area (Å²) in [6.07, 6.45) is 3.06. The summed E-state index contributed by atoms with van der Waals surface area (Å²) in [4.78, 5) is 38.2.